The second-order valence-corrected chi connectivity index (χ2v) is 9.31. The highest BCUT2D eigenvalue weighted by Crippen LogP contribution is 2.33. The van der Waals surface area contributed by atoms with Crippen LogP contribution >= 0.6 is 11.6 Å². The van der Waals surface area contributed by atoms with Crippen molar-refractivity contribution in [2.75, 3.05) is 23.7 Å². The number of carbonyl (C=O) groups is 1. The van der Waals surface area contributed by atoms with Gasteiger partial charge in [-0.25, -0.2) is 4.98 Å². The van der Waals surface area contributed by atoms with Crippen molar-refractivity contribution in [2.45, 2.75) is 39.2 Å². The lowest BCUT2D eigenvalue weighted by Gasteiger charge is -2.20. The standard InChI is InChI=1S/C26H28ClN7O/c1-4-30-24(35)20-14-31-25(33-18-6-5-16-9-10-29-13-17(16)11-18)34-23(20)32-19-7-8-22(27)21(12-19)26(2,3)15-28/h5-8,11-12,14,29H,4,9-10,13H2,1-3H3,(H,30,35)(H2,31,32,33,34). The van der Waals surface area contributed by atoms with Crippen molar-refractivity contribution in [1.82, 2.24) is 20.6 Å². The van der Waals surface area contributed by atoms with E-state index in [1.807, 2.05) is 13.0 Å². The molecule has 0 radical (unpaired) electrons. The lowest BCUT2D eigenvalue weighted by Crippen LogP contribution is -2.24. The summed E-state index contributed by atoms with van der Waals surface area (Å²) >= 11 is 6.37. The molecule has 1 aliphatic heterocycles. The molecule has 0 unspecified atom stereocenters. The van der Waals surface area contributed by atoms with Gasteiger partial charge in [-0.3, -0.25) is 4.79 Å². The van der Waals surface area contributed by atoms with E-state index < -0.39 is 5.41 Å². The molecule has 0 bridgehead atoms. The Morgan fingerprint density at radius 1 is 1.17 bits per heavy atom. The first-order valence-corrected chi connectivity index (χ1v) is 11.9. The monoisotopic (exact) mass is 489 g/mol. The maximum Gasteiger partial charge on any atom is 0.256 e. The Bertz CT molecular complexity index is 1300. The molecule has 4 N–H and O–H groups in total. The average molecular weight is 490 g/mol. The SMILES string of the molecule is CCNC(=O)c1cnc(Nc2ccc3c(c2)CNCC3)nc1Nc1ccc(Cl)c(C(C)(C)C#N)c1. The van der Waals surface area contributed by atoms with Crippen LogP contribution in [0, 0.1) is 11.3 Å². The number of anilines is 4. The molecule has 35 heavy (non-hydrogen) atoms. The highest BCUT2D eigenvalue weighted by atomic mass is 35.5. The van der Waals surface area contributed by atoms with Crippen LogP contribution < -0.4 is 21.3 Å². The van der Waals surface area contributed by atoms with Crippen molar-refractivity contribution in [3.63, 3.8) is 0 Å². The average Bonchev–Trinajstić information content (AvgIpc) is 2.85. The fraction of sp³-hybridized carbons (Fsp3) is 0.308. The fourth-order valence-corrected chi connectivity index (χ4v) is 4.28. The first-order chi connectivity index (χ1) is 16.8. The molecule has 2 heterocycles. The predicted octanol–water partition coefficient (Wildman–Crippen LogP) is 4.81. The Morgan fingerprint density at radius 3 is 2.71 bits per heavy atom. The number of nitrogens with zero attached hydrogens (tertiary/aromatic N) is 3. The number of halogens is 1. The summed E-state index contributed by atoms with van der Waals surface area (Å²) in [5.41, 5.74) is 4.31. The van der Waals surface area contributed by atoms with Gasteiger partial charge in [0.05, 0.1) is 11.5 Å². The number of carbonyl (C=O) groups excluding carboxylic acids is 1. The van der Waals surface area contributed by atoms with Gasteiger partial charge in [-0.1, -0.05) is 17.7 Å². The van der Waals surface area contributed by atoms with E-state index >= 15 is 0 Å². The fourth-order valence-electron chi connectivity index (χ4n) is 3.93. The number of rotatable bonds is 7. The van der Waals surface area contributed by atoms with Crippen LogP contribution in [0.25, 0.3) is 0 Å². The zero-order valence-corrected chi connectivity index (χ0v) is 20.8. The minimum Gasteiger partial charge on any atom is -0.352 e. The molecule has 4 rings (SSSR count). The van der Waals surface area contributed by atoms with Crippen molar-refractivity contribution in [3.8, 4) is 6.07 Å². The molecule has 1 aliphatic rings. The molecule has 8 nitrogen and oxygen atoms in total. The number of amides is 1. The third-order valence-electron chi connectivity index (χ3n) is 5.90. The zero-order chi connectivity index (χ0) is 25.0. The van der Waals surface area contributed by atoms with Crippen molar-refractivity contribution in [2.24, 2.45) is 0 Å². The van der Waals surface area contributed by atoms with E-state index in [2.05, 4.69) is 49.4 Å². The van der Waals surface area contributed by atoms with E-state index in [0.29, 0.717) is 40.1 Å². The molecule has 1 amide bonds. The molecular weight excluding hydrogens is 462 g/mol. The zero-order valence-electron chi connectivity index (χ0n) is 20.0. The van der Waals surface area contributed by atoms with Gasteiger partial charge >= 0.3 is 0 Å². The van der Waals surface area contributed by atoms with Gasteiger partial charge in [0.2, 0.25) is 5.95 Å². The number of fused-ring (bicyclic) bond motifs is 1. The topological polar surface area (TPSA) is 115 Å². The Morgan fingerprint density at radius 2 is 1.94 bits per heavy atom. The largest absolute Gasteiger partial charge is 0.352 e. The Balaban J connectivity index is 1.67. The minimum absolute atomic E-state index is 0.284. The van der Waals surface area contributed by atoms with Crippen LogP contribution in [0.15, 0.2) is 42.6 Å². The minimum atomic E-state index is -0.781. The van der Waals surface area contributed by atoms with Gasteiger partial charge < -0.3 is 21.3 Å². The van der Waals surface area contributed by atoms with Crippen molar-refractivity contribution < 1.29 is 4.79 Å². The summed E-state index contributed by atoms with van der Waals surface area (Å²) in [6, 6.07) is 13.8. The van der Waals surface area contributed by atoms with Gasteiger partial charge in [-0.2, -0.15) is 10.2 Å². The van der Waals surface area contributed by atoms with E-state index in [1.165, 1.54) is 17.3 Å². The molecule has 0 atom stereocenters. The number of aromatic nitrogens is 2. The summed E-state index contributed by atoms with van der Waals surface area (Å²) in [5.74, 6) is 0.417. The summed E-state index contributed by atoms with van der Waals surface area (Å²) in [5, 5.41) is 22.7. The molecule has 0 aliphatic carbocycles. The first kappa shape index (κ1) is 24.5. The molecule has 0 saturated carbocycles. The summed E-state index contributed by atoms with van der Waals surface area (Å²) in [4.78, 5) is 21.7. The van der Waals surface area contributed by atoms with Crippen LogP contribution in [0.2, 0.25) is 5.02 Å². The third kappa shape index (κ3) is 5.53. The number of hydrogen-bond donors (Lipinski definition) is 4. The van der Waals surface area contributed by atoms with E-state index in [1.54, 1.807) is 32.0 Å². The highest BCUT2D eigenvalue weighted by molar-refractivity contribution is 6.31. The van der Waals surface area contributed by atoms with Gasteiger partial charge in [0.1, 0.15) is 11.4 Å². The molecule has 0 fully saturated rings. The first-order valence-electron chi connectivity index (χ1n) is 11.5. The summed E-state index contributed by atoms with van der Waals surface area (Å²) in [6.45, 7) is 7.74. The quantitative estimate of drug-likeness (QED) is 0.376. The summed E-state index contributed by atoms with van der Waals surface area (Å²) in [6.07, 6.45) is 2.51. The van der Waals surface area contributed by atoms with Gasteiger partial charge in [0.15, 0.2) is 0 Å². The van der Waals surface area contributed by atoms with E-state index in [9.17, 15) is 10.1 Å². The lowest BCUT2D eigenvalue weighted by molar-refractivity contribution is 0.0956. The van der Waals surface area contributed by atoms with Crippen molar-refractivity contribution in [3.05, 3.63) is 69.9 Å². The van der Waals surface area contributed by atoms with E-state index in [0.717, 1.165) is 25.2 Å². The summed E-state index contributed by atoms with van der Waals surface area (Å²) < 4.78 is 0. The molecule has 2 aromatic carbocycles. The van der Waals surface area contributed by atoms with Crippen LogP contribution in [0.5, 0.6) is 0 Å². The molecule has 9 heteroatoms. The Hall–Kier alpha value is -3.67. The molecule has 0 saturated heterocycles. The molecule has 3 aromatic rings. The smallest absolute Gasteiger partial charge is 0.256 e. The normalized spacial score (nSPS) is 12.9. The lowest BCUT2D eigenvalue weighted by atomic mass is 9.86. The maximum absolute atomic E-state index is 12.7. The molecular formula is C26H28ClN7O. The molecule has 180 valence electrons. The molecule has 0 spiro atoms. The number of nitrogens with one attached hydrogen (secondary N) is 4. The van der Waals surface area contributed by atoms with Crippen LogP contribution in [0.4, 0.5) is 23.1 Å². The van der Waals surface area contributed by atoms with E-state index in [-0.39, 0.29) is 5.91 Å². The summed E-state index contributed by atoms with van der Waals surface area (Å²) in [7, 11) is 0. The highest BCUT2D eigenvalue weighted by Gasteiger charge is 2.24. The maximum atomic E-state index is 12.7. The number of hydrogen-bond acceptors (Lipinski definition) is 7. The Labute approximate surface area is 210 Å². The Kier molecular flexibility index (Phi) is 7.20. The predicted molar refractivity (Wildman–Crippen MR) is 139 cm³/mol. The van der Waals surface area contributed by atoms with Gasteiger partial charge in [-0.05, 0) is 80.8 Å². The van der Waals surface area contributed by atoms with Crippen LogP contribution in [-0.2, 0) is 18.4 Å². The number of benzene rings is 2. The van der Waals surface area contributed by atoms with E-state index in [4.69, 9.17) is 11.6 Å². The second kappa shape index (κ2) is 10.3. The van der Waals surface area contributed by atoms with Crippen molar-refractivity contribution in [1.29, 1.82) is 5.26 Å². The van der Waals surface area contributed by atoms with Gasteiger partial charge in [0, 0.05) is 35.7 Å². The molecule has 1 aromatic heterocycles. The third-order valence-corrected chi connectivity index (χ3v) is 6.23. The van der Waals surface area contributed by atoms with Crippen LogP contribution in [-0.4, -0.2) is 29.0 Å². The van der Waals surface area contributed by atoms with Crippen molar-refractivity contribution >= 4 is 40.6 Å². The number of nitriles is 1. The van der Waals surface area contributed by atoms with Gasteiger partial charge in [-0.15, -0.1) is 0 Å². The second-order valence-electron chi connectivity index (χ2n) is 8.91. The van der Waals surface area contributed by atoms with Crippen LogP contribution in [0.1, 0.15) is 47.8 Å². The van der Waals surface area contributed by atoms with Crippen LogP contribution in [0.3, 0.4) is 0 Å². The van der Waals surface area contributed by atoms with Gasteiger partial charge in [0.25, 0.3) is 5.91 Å².